The Kier molecular flexibility index (Phi) is 7.44. The number of phenolic OH excluding ortho intramolecular Hbond substituents is 1. The molecule has 9 nitrogen and oxygen atoms in total. The van der Waals surface area contributed by atoms with E-state index in [0.717, 1.165) is 6.07 Å². The summed E-state index contributed by atoms with van der Waals surface area (Å²) in [6.45, 7) is 3.79. The zero-order valence-electron chi connectivity index (χ0n) is 19.8. The van der Waals surface area contributed by atoms with E-state index in [1.54, 1.807) is 61.5 Å². The molecule has 0 aliphatic heterocycles. The van der Waals surface area contributed by atoms with Gasteiger partial charge >= 0.3 is 0 Å². The van der Waals surface area contributed by atoms with Crippen molar-refractivity contribution in [2.45, 2.75) is 18.7 Å². The number of halogens is 1. The summed E-state index contributed by atoms with van der Waals surface area (Å²) in [5, 5.41) is 23.3. The van der Waals surface area contributed by atoms with Gasteiger partial charge in [0, 0.05) is 5.39 Å². The molecule has 3 N–H and O–H groups in total. The second-order valence-electron chi connectivity index (χ2n) is 7.97. The summed E-state index contributed by atoms with van der Waals surface area (Å²) < 4.78 is 37.8. The molecule has 0 aliphatic carbocycles. The molecule has 0 spiro atoms. The van der Waals surface area contributed by atoms with E-state index in [4.69, 9.17) is 16.3 Å². The zero-order valence-corrected chi connectivity index (χ0v) is 21.3. The molecule has 0 bridgehead atoms. The fourth-order valence-corrected chi connectivity index (χ4v) is 4.67. The molecule has 0 aromatic heterocycles. The summed E-state index contributed by atoms with van der Waals surface area (Å²) >= 11 is 6.21. The van der Waals surface area contributed by atoms with Crippen molar-refractivity contribution in [1.29, 1.82) is 0 Å². The van der Waals surface area contributed by atoms with Crippen molar-refractivity contribution in [3.8, 4) is 11.5 Å². The third-order valence-corrected chi connectivity index (χ3v) is 6.57. The number of amides is 1. The molecular formula is C26H22ClN3O6S. The quantitative estimate of drug-likeness (QED) is 0.174. The van der Waals surface area contributed by atoms with Crippen LogP contribution in [0.2, 0.25) is 5.02 Å². The van der Waals surface area contributed by atoms with E-state index in [1.807, 2.05) is 6.92 Å². The van der Waals surface area contributed by atoms with E-state index in [-0.39, 0.29) is 26.9 Å². The molecule has 4 aromatic rings. The Morgan fingerprint density at radius 2 is 1.70 bits per heavy atom. The standard InChI is InChI=1S/C26H22ClN3O6S/c1-3-36-22-11-7-6-10-21(22)28-26(32)19-13-16-8-4-5-9-18(16)24(25(19)31)30-29-23-15(2)12-17(14-20(23)27)37(33,34)35/h4-14,31H,3H2,1-2H3,(H,28,32)(H,33,34,35). The molecule has 4 aromatic carbocycles. The number of nitrogens with zero attached hydrogens (tertiary/aromatic N) is 2. The fraction of sp³-hybridized carbons (Fsp3) is 0.115. The maximum atomic E-state index is 13.2. The van der Waals surface area contributed by atoms with Crippen LogP contribution in [0.3, 0.4) is 0 Å². The summed E-state index contributed by atoms with van der Waals surface area (Å²) in [5.41, 5.74) is 0.887. The van der Waals surface area contributed by atoms with Crippen molar-refractivity contribution in [2.24, 2.45) is 10.2 Å². The molecule has 4 rings (SSSR count). The minimum Gasteiger partial charge on any atom is -0.505 e. The molecule has 0 unspecified atom stereocenters. The second kappa shape index (κ2) is 10.6. The summed E-state index contributed by atoms with van der Waals surface area (Å²) in [6.07, 6.45) is 0. The molecule has 0 saturated heterocycles. The van der Waals surface area contributed by atoms with Gasteiger partial charge in [-0.25, -0.2) is 0 Å². The largest absolute Gasteiger partial charge is 0.505 e. The Balaban J connectivity index is 1.79. The van der Waals surface area contributed by atoms with Gasteiger partial charge in [0.2, 0.25) is 0 Å². The number of hydrogen-bond acceptors (Lipinski definition) is 7. The SMILES string of the molecule is CCOc1ccccc1NC(=O)c1cc2ccccc2c(N=Nc2c(C)cc(S(=O)(=O)O)cc2Cl)c1O. The van der Waals surface area contributed by atoms with E-state index in [9.17, 15) is 22.9 Å². The number of anilines is 1. The van der Waals surface area contributed by atoms with E-state index in [0.29, 0.717) is 34.4 Å². The van der Waals surface area contributed by atoms with Crippen molar-refractivity contribution in [3.05, 3.63) is 82.9 Å². The van der Waals surface area contributed by atoms with Gasteiger partial charge in [-0.1, -0.05) is 48.0 Å². The number of azo groups is 1. The average Bonchev–Trinajstić information content (AvgIpc) is 2.85. The Morgan fingerprint density at radius 3 is 2.41 bits per heavy atom. The minimum atomic E-state index is -4.47. The Bertz CT molecular complexity index is 1630. The number of ether oxygens (including phenoxy) is 1. The highest BCUT2D eigenvalue weighted by Crippen LogP contribution is 2.41. The highest BCUT2D eigenvalue weighted by atomic mass is 35.5. The van der Waals surface area contributed by atoms with Crippen molar-refractivity contribution in [3.63, 3.8) is 0 Å². The normalized spacial score (nSPS) is 11.7. The molecule has 0 heterocycles. The first-order chi connectivity index (χ1) is 17.6. The summed E-state index contributed by atoms with van der Waals surface area (Å²) in [6, 6.07) is 17.7. The number of carbonyl (C=O) groups is 1. The van der Waals surface area contributed by atoms with Gasteiger partial charge in [0.05, 0.1) is 27.8 Å². The van der Waals surface area contributed by atoms with Crippen molar-refractivity contribution >= 4 is 55.5 Å². The van der Waals surface area contributed by atoms with Crippen LogP contribution >= 0.6 is 11.6 Å². The lowest BCUT2D eigenvalue weighted by molar-refractivity contribution is 0.102. The van der Waals surface area contributed by atoms with E-state index in [2.05, 4.69) is 15.5 Å². The first kappa shape index (κ1) is 26.1. The lowest BCUT2D eigenvalue weighted by Crippen LogP contribution is -2.13. The maximum Gasteiger partial charge on any atom is 0.294 e. The summed E-state index contributed by atoms with van der Waals surface area (Å²) in [5.74, 6) is -0.507. The van der Waals surface area contributed by atoms with Crippen LogP contribution in [0.15, 0.2) is 81.9 Å². The third-order valence-electron chi connectivity index (χ3n) is 5.45. The van der Waals surface area contributed by atoms with Crippen LogP contribution in [0.4, 0.5) is 17.1 Å². The van der Waals surface area contributed by atoms with Gasteiger partial charge in [-0.15, -0.1) is 10.2 Å². The number of fused-ring (bicyclic) bond motifs is 1. The number of carbonyl (C=O) groups excluding carboxylic acids is 1. The number of benzene rings is 4. The van der Waals surface area contributed by atoms with Gasteiger partial charge in [0.15, 0.2) is 5.75 Å². The predicted octanol–water partition coefficient (Wildman–Crippen LogP) is 6.82. The Hall–Kier alpha value is -3.99. The number of aromatic hydroxyl groups is 1. The molecular weight excluding hydrogens is 518 g/mol. The molecule has 0 radical (unpaired) electrons. The number of phenols is 1. The molecule has 0 saturated carbocycles. The van der Waals surface area contributed by atoms with Crippen LogP contribution in [0.1, 0.15) is 22.8 Å². The van der Waals surface area contributed by atoms with Gasteiger partial charge in [-0.05, 0) is 55.1 Å². The van der Waals surface area contributed by atoms with E-state index in [1.165, 1.54) is 6.07 Å². The molecule has 0 fully saturated rings. The molecule has 0 atom stereocenters. The Labute approximate surface area is 218 Å². The monoisotopic (exact) mass is 539 g/mol. The number of nitrogens with one attached hydrogen (secondary N) is 1. The van der Waals surface area contributed by atoms with Crippen LogP contribution in [0.25, 0.3) is 10.8 Å². The number of aryl methyl sites for hydroxylation is 1. The molecule has 11 heteroatoms. The first-order valence-electron chi connectivity index (χ1n) is 11.1. The average molecular weight is 540 g/mol. The predicted molar refractivity (Wildman–Crippen MR) is 141 cm³/mol. The molecule has 1 amide bonds. The molecule has 0 aliphatic rings. The molecule has 190 valence electrons. The maximum absolute atomic E-state index is 13.2. The molecule has 37 heavy (non-hydrogen) atoms. The van der Waals surface area contributed by atoms with Crippen LogP contribution in [0.5, 0.6) is 11.5 Å². The topological polar surface area (TPSA) is 138 Å². The van der Waals surface area contributed by atoms with E-state index >= 15 is 0 Å². The van der Waals surface area contributed by atoms with Crippen molar-refractivity contribution < 1.29 is 27.6 Å². The van der Waals surface area contributed by atoms with Crippen LogP contribution < -0.4 is 10.1 Å². The van der Waals surface area contributed by atoms with Gasteiger partial charge in [0.1, 0.15) is 17.1 Å². The first-order valence-corrected chi connectivity index (χ1v) is 12.9. The fourth-order valence-electron chi connectivity index (χ4n) is 3.71. The minimum absolute atomic E-state index is 0.0238. The highest BCUT2D eigenvalue weighted by molar-refractivity contribution is 7.85. The smallest absolute Gasteiger partial charge is 0.294 e. The number of rotatable bonds is 7. The van der Waals surface area contributed by atoms with Gasteiger partial charge in [-0.3, -0.25) is 9.35 Å². The summed E-state index contributed by atoms with van der Waals surface area (Å²) in [7, 11) is -4.47. The number of para-hydroxylation sites is 2. The van der Waals surface area contributed by atoms with Gasteiger partial charge in [0.25, 0.3) is 16.0 Å². The third kappa shape index (κ3) is 5.56. The second-order valence-corrected chi connectivity index (χ2v) is 9.80. The summed E-state index contributed by atoms with van der Waals surface area (Å²) in [4.78, 5) is 12.8. The van der Waals surface area contributed by atoms with Crippen molar-refractivity contribution in [2.75, 3.05) is 11.9 Å². The zero-order chi connectivity index (χ0) is 26.7. The van der Waals surface area contributed by atoms with Gasteiger partial charge in [-0.2, -0.15) is 8.42 Å². The van der Waals surface area contributed by atoms with Gasteiger partial charge < -0.3 is 15.2 Å². The van der Waals surface area contributed by atoms with E-state index < -0.39 is 21.8 Å². The van der Waals surface area contributed by atoms with Crippen LogP contribution in [0, 0.1) is 6.92 Å². The lowest BCUT2D eigenvalue weighted by Gasteiger charge is -2.13. The highest BCUT2D eigenvalue weighted by Gasteiger charge is 2.20. The Morgan fingerprint density at radius 1 is 1.03 bits per heavy atom. The van der Waals surface area contributed by atoms with Crippen LogP contribution in [-0.4, -0.2) is 30.6 Å². The van der Waals surface area contributed by atoms with Crippen molar-refractivity contribution in [1.82, 2.24) is 0 Å². The van der Waals surface area contributed by atoms with Crippen LogP contribution in [-0.2, 0) is 10.1 Å². The number of hydrogen-bond donors (Lipinski definition) is 3. The lowest BCUT2D eigenvalue weighted by atomic mass is 10.0.